The van der Waals surface area contributed by atoms with Gasteiger partial charge in [-0.1, -0.05) is 167 Å². The number of hydrogen-bond acceptors (Lipinski definition) is 3. The van der Waals surface area contributed by atoms with E-state index in [2.05, 4.69) is 166 Å². The first-order valence-corrected chi connectivity index (χ1v) is 21.7. The molecule has 0 unspecified atom stereocenters. The lowest BCUT2D eigenvalue weighted by atomic mass is 9.67. The molecule has 2 aromatic heterocycles. The van der Waals surface area contributed by atoms with Gasteiger partial charge in [-0.3, -0.25) is 0 Å². The number of hydrogen-bond donors (Lipinski definition) is 0. The number of benzene rings is 7. The Labute approximate surface area is 343 Å². The number of rotatable bonds is 4. The molecule has 2 heterocycles. The summed E-state index contributed by atoms with van der Waals surface area (Å²) in [6.07, 6.45) is 6.41. The Morgan fingerprint density at radius 2 is 1.05 bits per heavy atom. The Hall–Kier alpha value is -6.16. The molecule has 278 valence electrons. The molecule has 0 aliphatic heterocycles. The van der Waals surface area contributed by atoms with E-state index in [1.165, 1.54) is 97.8 Å². The number of nitrogens with zero attached hydrogens (tertiary/aromatic N) is 2. The second-order valence-electron chi connectivity index (χ2n) is 17.2. The summed E-state index contributed by atoms with van der Waals surface area (Å²) in [5.41, 5.74) is 21.0. The first-order chi connectivity index (χ1) is 28.5. The molecule has 1 saturated carbocycles. The Balaban J connectivity index is 0.896. The van der Waals surface area contributed by atoms with Crippen LogP contribution in [0.3, 0.4) is 0 Å². The fourth-order valence-electron chi connectivity index (χ4n) is 10.7. The van der Waals surface area contributed by atoms with Gasteiger partial charge in [0.05, 0.1) is 15.9 Å². The fourth-order valence-corrected chi connectivity index (χ4v) is 11.9. The van der Waals surface area contributed by atoms with Crippen LogP contribution in [0.2, 0.25) is 0 Å². The van der Waals surface area contributed by atoms with E-state index in [9.17, 15) is 0 Å². The normalized spacial score (nSPS) is 15.7. The number of aromatic nitrogens is 2. The van der Waals surface area contributed by atoms with Gasteiger partial charge in [-0.2, -0.15) is 0 Å². The van der Waals surface area contributed by atoms with Gasteiger partial charge in [0.2, 0.25) is 0 Å². The predicted octanol–water partition coefficient (Wildman–Crippen LogP) is 15.0. The first kappa shape index (κ1) is 33.9. The summed E-state index contributed by atoms with van der Waals surface area (Å²) in [7, 11) is 0. The van der Waals surface area contributed by atoms with Crippen molar-refractivity contribution in [2.24, 2.45) is 0 Å². The van der Waals surface area contributed by atoms with E-state index in [0.717, 1.165) is 32.9 Å². The van der Waals surface area contributed by atoms with Gasteiger partial charge in [0.1, 0.15) is 0 Å². The van der Waals surface area contributed by atoms with Crippen molar-refractivity contribution >= 4 is 31.6 Å². The SMILES string of the molecule is CC1(C)c2ccccc2-c2cc3c(cc21)-c1cc(-c2ccc(-c4ccc(-c5nc(-c6ccccc6)nc6c5sc5ccccc56)cc4)cc2)ccc1C31CCCCC1. The van der Waals surface area contributed by atoms with Crippen LogP contribution in [0.25, 0.3) is 87.5 Å². The average Bonchev–Trinajstić information content (AvgIpc) is 3.86. The largest absolute Gasteiger partial charge is 0.226 e. The quantitative estimate of drug-likeness (QED) is 0.178. The van der Waals surface area contributed by atoms with Crippen LogP contribution in [0, 0.1) is 0 Å². The summed E-state index contributed by atoms with van der Waals surface area (Å²) in [5, 5.41) is 1.18. The van der Waals surface area contributed by atoms with Gasteiger partial charge in [-0.25, -0.2) is 9.97 Å². The van der Waals surface area contributed by atoms with Crippen LogP contribution < -0.4 is 0 Å². The van der Waals surface area contributed by atoms with Crippen LogP contribution in [-0.4, -0.2) is 9.97 Å². The van der Waals surface area contributed by atoms with Gasteiger partial charge in [0.15, 0.2) is 5.82 Å². The Kier molecular flexibility index (Phi) is 7.41. The zero-order chi connectivity index (χ0) is 38.6. The molecule has 12 rings (SSSR count). The average molecular weight is 763 g/mol. The maximum Gasteiger partial charge on any atom is 0.160 e. The second kappa shape index (κ2) is 12.7. The molecule has 0 saturated heterocycles. The van der Waals surface area contributed by atoms with Crippen molar-refractivity contribution in [1.82, 2.24) is 9.97 Å². The van der Waals surface area contributed by atoms with Crippen molar-refractivity contribution in [3.63, 3.8) is 0 Å². The third kappa shape index (κ3) is 4.96. The molecule has 1 fully saturated rings. The molecule has 0 radical (unpaired) electrons. The molecule has 3 aliphatic carbocycles. The predicted molar refractivity (Wildman–Crippen MR) is 244 cm³/mol. The first-order valence-electron chi connectivity index (χ1n) is 20.9. The smallest absolute Gasteiger partial charge is 0.160 e. The van der Waals surface area contributed by atoms with Crippen molar-refractivity contribution < 1.29 is 0 Å². The van der Waals surface area contributed by atoms with Crippen LogP contribution in [-0.2, 0) is 10.8 Å². The minimum absolute atomic E-state index is 0.0140. The second-order valence-corrected chi connectivity index (χ2v) is 18.3. The summed E-state index contributed by atoms with van der Waals surface area (Å²) < 4.78 is 2.36. The minimum atomic E-state index is -0.0140. The van der Waals surface area contributed by atoms with E-state index in [-0.39, 0.29) is 10.8 Å². The molecule has 9 aromatic rings. The van der Waals surface area contributed by atoms with Gasteiger partial charge in [-0.05, 0) is 104 Å². The summed E-state index contributed by atoms with van der Waals surface area (Å²) in [4.78, 5) is 10.3. The molecule has 7 aromatic carbocycles. The molecule has 1 spiro atoms. The molecule has 0 N–H and O–H groups in total. The Morgan fingerprint density at radius 3 is 1.83 bits per heavy atom. The van der Waals surface area contributed by atoms with Crippen LogP contribution in [0.15, 0.2) is 158 Å². The third-order valence-electron chi connectivity index (χ3n) is 13.7. The number of thiophene rings is 1. The van der Waals surface area contributed by atoms with Crippen LogP contribution in [0.5, 0.6) is 0 Å². The maximum atomic E-state index is 5.18. The number of fused-ring (bicyclic) bond motifs is 11. The van der Waals surface area contributed by atoms with Crippen molar-refractivity contribution in [2.45, 2.75) is 56.8 Å². The summed E-state index contributed by atoms with van der Waals surface area (Å²) in [6, 6.07) is 58.6. The van der Waals surface area contributed by atoms with E-state index in [1.54, 1.807) is 22.5 Å². The molecule has 3 heteroatoms. The highest BCUT2D eigenvalue weighted by molar-refractivity contribution is 7.26. The fraction of sp³-hybridized carbons (Fsp3) is 0.164. The monoisotopic (exact) mass is 762 g/mol. The van der Waals surface area contributed by atoms with Crippen molar-refractivity contribution in [3.8, 4) is 67.2 Å². The van der Waals surface area contributed by atoms with E-state index in [4.69, 9.17) is 9.97 Å². The van der Waals surface area contributed by atoms with Crippen LogP contribution in [0.4, 0.5) is 0 Å². The van der Waals surface area contributed by atoms with Crippen LogP contribution >= 0.6 is 11.3 Å². The zero-order valence-corrected chi connectivity index (χ0v) is 33.7. The zero-order valence-electron chi connectivity index (χ0n) is 32.8. The highest BCUT2D eigenvalue weighted by Gasteiger charge is 2.46. The summed E-state index contributed by atoms with van der Waals surface area (Å²) >= 11 is 1.77. The van der Waals surface area contributed by atoms with E-state index < -0.39 is 0 Å². The molecule has 0 bridgehead atoms. The van der Waals surface area contributed by atoms with Gasteiger partial charge in [0.25, 0.3) is 0 Å². The molecule has 2 nitrogen and oxygen atoms in total. The molecular formula is C55H42N2S. The van der Waals surface area contributed by atoms with Gasteiger partial charge in [-0.15, -0.1) is 11.3 Å². The van der Waals surface area contributed by atoms with E-state index in [1.807, 2.05) is 6.07 Å². The topological polar surface area (TPSA) is 25.8 Å². The lowest BCUT2D eigenvalue weighted by Gasteiger charge is -2.36. The molecule has 0 atom stereocenters. The van der Waals surface area contributed by atoms with Crippen molar-refractivity contribution in [2.75, 3.05) is 0 Å². The molecule has 3 aliphatic rings. The van der Waals surface area contributed by atoms with Crippen molar-refractivity contribution in [1.29, 1.82) is 0 Å². The highest BCUT2D eigenvalue weighted by Crippen LogP contribution is 2.60. The van der Waals surface area contributed by atoms with Gasteiger partial charge in [0, 0.05) is 32.0 Å². The van der Waals surface area contributed by atoms with Gasteiger partial charge >= 0.3 is 0 Å². The summed E-state index contributed by atoms with van der Waals surface area (Å²) in [5.74, 6) is 0.758. The Bertz CT molecular complexity index is 3090. The minimum Gasteiger partial charge on any atom is -0.226 e. The lowest BCUT2D eigenvalue weighted by Crippen LogP contribution is -2.28. The van der Waals surface area contributed by atoms with Gasteiger partial charge < -0.3 is 0 Å². The van der Waals surface area contributed by atoms with E-state index >= 15 is 0 Å². The summed E-state index contributed by atoms with van der Waals surface area (Å²) in [6.45, 7) is 4.81. The third-order valence-corrected chi connectivity index (χ3v) is 14.9. The Morgan fingerprint density at radius 1 is 0.448 bits per heavy atom. The standard InChI is InChI=1S/C55H42N2S/c1-54(2)45-17-9-7-15-40(45)43-33-48-44(32-47(43)54)42-31-39(27-28-46(42)55(48)29-11-4-12-30-55)36-21-19-34(20-22-36)35-23-25-37(26-24-35)50-52-51(41-16-8-10-18-49(41)58-52)57-53(56-50)38-13-5-3-6-14-38/h3,5-10,13-28,31-33H,4,11-12,29-30H2,1-2H3. The maximum absolute atomic E-state index is 5.18. The molecule has 0 amide bonds. The lowest BCUT2D eigenvalue weighted by molar-refractivity contribution is 0.353. The molecular weight excluding hydrogens is 721 g/mol. The van der Waals surface area contributed by atoms with Crippen LogP contribution in [0.1, 0.15) is 68.2 Å². The van der Waals surface area contributed by atoms with E-state index in [0.29, 0.717) is 0 Å². The highest BCUT2D eigenvalue weighted by atomic mass is 32.1. The molecule has 58 heavy (non-hydrogen) atoms. The van der Waals surface area contributed by atoms with Crippen molar-refractivity contribution in [3.05, 3.63) is 180 Å².